The summed E-state index contributed by atoms with van der Waals surface area (Å²) in [6, 6.07) is 0. The van der Waals surface area contributed by atoms with E-state index in [0.717, 1.165) is 0 Å². The van der Waals surface area contributed by atoms with E-state index in [-0.39, 0.29) is 45.1 Å². The first kappa shape index (κ1) is 22.5. The minimum absolute atomic E-state index is 0.000147. The first-order valence-electron chi connectivity index (χ1n) is 9.43. The standard InChI is InChI=1S/C17H29N11O4/c1-4-5-8(18)6-9(19)10(20)7-12(11(6)29-5)30-17(14(23,27-2)13(7,21)22)31-15(24,25)16(26,28-3)32-17/h4,27-28H,1,18-26H2,2-3H3. The third kappa shape index (κ3) is 2.27. The van der Waals surface area contributed by atoms with Gasteiger partial charge in [-0.05, 0) is 20.2 Å². The van der Waals surface area contributed by atoms with E-state index < -0.39 is 29.0 Å². The Morgan fingerprint density at radius 1 is 0.875 bits per heavy atom. The summed E-state index contributed by atoms with van der Waals surface area (Å²) < 4.78 is 23.6. The van der Waals surface area contributed by atoms with E-state index in [1.807, 2.05) is 0 Å². The predicted molar refractivity (Wildman–Crippen MR) is 118 cm³/mol. The highest BCUT2D eigenvalue weighted by molar-refractivity contribution is 6.10. The Balaban J connectivity index is 2.12. The Kier molecular flexibility index (Phi) is 4.36. The van der Waals surface area contributed by atoms with Crippen LogP contribution in [0.3, 0.4) is 0 Å². The van der Waals surface area contributed by atoms with Gasteiger partial charge in [-0.3, -0.25) is 37.3 Å². The minimum Gasteiger partial charge on any atom is -0.450 e. The summed E-state index contributed by atoms with van der Waals surface area (Å²) in [6.07, 6.45) is 1.38. The highest BCUT2D eigenvalue weighted by Crippen LogP contribution is 2.56. The van der Waals surface area contributed by atoms with E-state index in [0.29, 0.717) is 0 Å². The van der Waals surface area contributed by atoms with Crippen LogP contribution >= 0.6 is 0 Å². The third-order valence-electron chi connectivity index (χ3n) is 6.15. The van der Waals surface area contributed by atoms with Crippen LogP contribution in [0.2, 0.25) is 0 Å². The summed E-state index contributed by atoms with van der Waals surface area (Å²) >= 11 is 0. The van der Waals surface area contributed by atoms with Gasteiger partial charge in [0.2, 0.25) is 11.7 Å². The summed E-state index contributed by atoms with van der Waals surface area (Å²) in [6.45, 7) is 3.66. The lowest BCUT2D eigenvalue weighted by atomic mass is 9.80. The molecule has 15 nitrogen and oxygen atoms in total. The van der Waals surface area contributed by atoms with Gasteiger partial charge in [0.1, 0.15) is 5.66 Å². The number of hydrogen-bond donors (Lipinski definition) is 11. The predicted octanol–water partition coefficient (Wildman–Crippen LogP) is -3.74. The van der Waals surface area contributed by atoms with E-state index in [9.17, 15) is 0 Å². The minimum atomic E-state index is -2.38. The van der Waals surface area contributed by atoms with Gasteiger partial charge < -0.3 is 43.6 Å². The van der Waals surface area contributed by atoms with Crippen molar-refractivity contribution in [2.45, 2.75) is 29.0 Å². The van der Waals surface area contributed by atoms with Crippen LogP contribution in [0.4, 0.5) is 17.1 Å². The van der Waals surface area contributed by atoms with Gasteiger partial charge >= 0.3 is 5.97 Å². The molecule has 1 aromatic heterocycles. The molecule has 3 atom stereocenters. The van der Waals surface area contributed by atoms with Crippen LogP contribution in [0, 0.1) is 0 Å². The summed E-state index contributed by atoms with van der Waals surface area (Å²) in [4.78, 5) is 0. The second-order valence-electron chi connectivity index (χ2n) is 7.89. The van der Waals surface area contributed by atoms with Gasteiger partial charge in [0, 0.05) is 0 Å². The Labute approximate surface area is 182 Å². The second-order valence-corrected chi connectivity index (χ2v) is 7.89. The van der Waals surface area contributed by atoms with Crippen molar-refractivity contribution in [3.05, 3.63) is 17.9 Å². The highest BCUT2D eigenvalue weighted by atomic mass is 16.9. The van der Waals surface area contributed by atoms with E-state index >= 15 is 0 Å². The molecule has 0 aliphatic carbocycles. The number of nitrogens with one attached hydrogen (secondary N) is 2. The zero-order valence-electron chi connectivity index (χ0n) is 17.6. The average molecular weight is 451 g/mol. The number of likely N-dealkylation sites (N-methyl/N-ethyl adjacent to an activating group) is 2. The number of nitrogen functional groups attached to an aromatic ring is 3. The molecule has 0 saturated carbocycles. The van der Waals surface area contributed by atoms with E-state index in [2.05, 4.69) is 17.2 Å². The smallest absolute Gasteiger partial charge is 0.370 e. The number of nitrogens with two attached hydrogens (primary N) is 9. The number of ether oxygens (including phenoxy) is 3. The van der Waals surface area contributed by atoms with Gasteiger partial charge in [0.15, 0.2) is 22.8 Å². The van der Waals surface area contributed by atoms with Crippen molar-refractivity contribution in [2.24, 2.45) is 34.4 Å². The maximum atomic E-state index is 6.61. The van der Waals surface area contributed by atoms with Crippen LogP contribution in [0.25, 0.3) is 17.0 Å². The van der Waals surface area contributed by atoms with Gasteiger partial charge in [-0.25, -0.2) is 0 Å². The van der Waals surface area contributed by atoms with Crippen LogP contribution in [0.15, 0.2) is 11.0 Å². The monoisotopic (exact) mass is 451 g/mol. The Morgan fingerprint density at radius 3 is 2.00 bits per heavy atom. The molecule has 1 saturated heterocycles. The zero-order valence-corrected chi connectivity index (χ0v) is 17.6. The maximum absolute atomic E-state index is 6.61. The van der Waals surface area contributed by atoms with Crippen molar-refractivity contribution in [3.8, 4) is 5.75 Å². The Hall–Kier alpha value is -2.70. The lowest BCUT2D eigenvalue weighted by Crippen LogP contribution is -2.87. The molecule has 3 heterocycles. The van der Waals surface area contributed by atoms with Crippen LogP contribution in [0.1, 0.15) is 11.3 Å². The van der Waals surface area contributed by atoms with Crippen molar-refractivity contribution in [3.63, 3.8) is 0 Å². The van der Waals surface area contributed by atoms with E-state index in [4.69, 9.17) is 70.2 Å². The van der Waals surface area contributed by atoms with Gasteiger partial charge in [-0.1, -0.05) is 6.58 Å². The SMILES string of the molecule is C=Cc1oc2c3c(c(N)c(N)c2c1N)C(N)(N)C(N)(NC)C1(O3)OC(N)(N)C(N)(NC)O1. The number of hydrogen-bond acceptors (Lipinski definition) is 15. The van der Waals surface area contributed by atoms with Crippen LogP contribution < -0.4 is 67.0 Å². The molecule has 0 radical (unpaired) electrons. The molecule has 0 bridgehead atoms. The first-order chi connectivity index (χ1) is 14.7. The van der Waals surface area contributed by atoms with E-state index in [1.54, 1.807) is 0 Å². The van der Waals surface area contributed by atoms with Gasteiger partial charge in [0.05, 0.1) is 28.0 Å². The molecule has 2 aromatic rings. The molecule has 1 fully saturated rings. The molecule has 4 rings (SSSR count). The molecule has 176 valence electrons. The van der Waals surface area contributed by atoms with E-state index in [1.165, 1.54) is 20.2 Å². The molecule has 1 aromatic carbocycles. The lowest BCUT2D eigenvalue weighted by Gasteiger charge is -2.54. The normalized spacial score (nSPS) is 32.8. The number of furan rings is 1. The fourth-order valence-electron chi connectivity index (χ4n) is 4.14. The molecule has 20 N–H and O–H groups in total. The fraction of sp³-hybridized carbons (Fsp3) is 0.412. The number of rotatable bonds is 3. The fourth-order valence-corrected chi connectivity index (χ4v) is 4.14. The van der Waals surface area contributed by atoms with Crippen LogP contribution in [-0.4, -0.2) is 37.4 Å². The molecule has 0 amide bonds. The second kappa shape index (κ2) is 6.21. The molecule has 1 spiro atoms. The van der Waals surface area contributed by atoms with Gasteiger partial charge in [-0.2, -0.15) is 0 Å². The van der Waals surface area contributed by atoms with Gasteiger partial charge in [-0.15, -0.1) is 0 Å². The largest absolute Gasteiger partial charge is 0.450 e. The summed E-state index contributed by atoms with van der Waals surface area (Å²) in [7, 11) is 2.87. The van der Waals surface area contributed by atoms with Crippen molar-refractivity contribution < 1.29 is 18.6 Å². The quantitative estimate of drug-likeness (QED) is 0.121. The maximum Gasteiger partial charge on any atom is 0.370 e. The highest BCUT2D eigenvalue weighted by Gasteiger charge is 2.77. The molecule has 2 aliphatic rings. The average Bonchev–Trinajstić information content (AvgIpc) is 3.15. The van der Waals surface area contributed by atoms with Crippen molar-refractivity contribution in [1.29, 1.82) is 0 Å². The number of benzene rings is 1. The Bertz CT molecular complexity index is 1150. The molecule has 15 heteroatoms. The molecular formula is C17H29N11O4. The van der Waals surface area contributed by atoms with Crippen LogP contribution in [0.5, 0.6) is 5.75 Å². The summed E-state index contributed by atoms with van der Waals surface area (Å²) in [5.74, 6) is -6.44. The summed E-state index contributed by atoms with van der Waals surface area (Å²) in [5, 5.41) is 5.63. The Morgan fingerprint density at radius 2 is 1.50 bits per heavy atom. The molecule has 32 heavy (non-hydrogen) atoms. The first-order valence-corrected chi connectivity index (χ1v) is 9.43. The van der Waals surface area contributed by atoms with Crippen molar-refractivity contribution in [2.75, 3.05) is 31.3 Å². The van der Waals surface area contributed by atoms with Crippen molar-refractivity contribution in [1.82, 2.24) is 10.6 Å². The number of fused-ring (bicyclic) bond motifs is 3. The molecular weight excluding hydrogens is 422 g/mol. The number of anilines is 3. The topological polar surface area (TPSA) is 299 Å². The van der Waals surface area contributed by atoms with Gasteiger partial charge in [0.25, 0.3) is 0 Å². The third-order valence-corrected chi connectivity index (χ3v) is 6.15. The van der Waals surface area contributed by atoms with Crippen LogP contribution in [-0.2, 0) is 15.1 Å². The summed E-state index contributed by atoms with van der Waals surface area (Å²) in [5.41, 5.74) is 52.9. The van der Waals surface area contributed by atoms with Crippen molar-refractivity contribution >= 4 is 34.1 Å². The molecule has 2 aliphatic heterocycles. The zero-order chi connectivity index (χ0) is 24.1. The lowest BCUT2D eigenvalue weighted by molar-refractivity contribution is -0.370. The molecule has 3 unspecified atom stereocenters.